The van der Waals surface area contributed by atoms with E-state index in [1.54, 1.807) is 0 Å². The number of nitrogens with one attached hydrogen (secondary N) is 2. The Hall–Kier alpha value is -1.75. The second-order valence-corrected chi connectivity index (χ2v) is 6.18. The van der Waals surface area contributed by atoms with Gasteiger partial charge in [-0.1, -0.05) is 32.0 Å². The normalized spacial score (nSPS) is 13.0. The third kappa shape index (κ3) is 8.25. The van der Waals surface area contributed by atoms with Gasteiger partial charge in [0.2, 0.25) is 0 Å². The minimum Gasteiger partial charge on any atom is -0.494 e. The molecule has 0 aromatic heterocycles. The summed E-state index contributed by atoms with van der Waals surface area (Å²) in [6.45, 7) is 13.4. The maximum atomic E-state index is 5.68. The molecule has 0 aliphatic rings. The maximum Gasteiger partial charge on any atom is 0.191 e. The molecule has 0 aliphatic heterocycles. The zero-order valence-corrected chi connectivity index (χ0v) is 16.6. The largest absolute Gasteiger partial charge is 0.494 e. The molecule has 1 atom stereocenters. The average Bonchev–Trinajstić information content (AvgIpc) is 2.63. The van der Waals surface area contributed by atoms with E-state index in [0.29, 0.717) is 19.2 Å². The van der Waals surface area contributed by atoms with Crippen molar-refractivity contribution < 1.29 is 4.74 Å². The zero-order valence-electron chi connectivity index (χ0n) is 16.6. The number of ether oxygens (including phenoxy) is 1. The second kappa shape index (κ2) is 12.6. The van der Waals surface area contributed by atoms with Crippen LogP contribution in [0.15, 0.2) is 29.3 Å². The first-order valence-electron chi connectivity index (χ1n) is 9.54. The number of benzene rings is 1. The van der Waals surface area contributed by atoms with Crippen LogP contribution in [-0.2, 0) is 6.54 Å². The van der Waals surface area contributed by atoms with Gasteiger partial charge in [0.25, 0.3) is 0 Å². The molecule has 0 saturated heterocycles. The van der Waals surface area contributed by atoms with Crippen LogP contribution in [0.25, 0.3) is 0 Å². The van der Waals surface area contributed by atoms with Gasteiger partial charge in [-0.2, -0.15) is 0 Å². The van der Waals surface area contributed by atoms with E-state index in [0.717, 1.165) is 43.3 Å². The highest BCUT2D eigenvalue weighted by Crippen LogP contribution is 2.17. The van der Waals surface area contributed by atoms with E-state index in [-0.39, 0.29) is 0 Å². The zero-order chi connectivity index (χ0) is 18.5. The Bertz CT molecular complexity index is 500. The van der Waals surface area contributed by atoms with Crippen molar-refractivity contribution in [2.24, 2.45) is 4.99 Å². The number of rotatable bonds is 11. The molecule has 0 radical (unpaired) electrons. The van der Waals surface area contributed by atoms with Crippen LogP contribution in [0.5, 0.6) is 5.75 Å². The van der Waals surface area contributed by atoms with Crippen molar-refractivity contribution >= 4 is 5.96 Å². The fraction of sp³-hybridized carbons (Fsp3) is 0.650. The summed E-state index contributed by atoms with van der Waals surface area (Å²) in [5.74, 6) is 1.77. The Kier molecular flexibility index (Phi) is 10.7. The third-order valence-corrected chi connectivity index (χ3v) is 4.33. The molecule has 0 aliphatic carbocycles. The summed E-state index contributed by atoms with van der Waals surface area (Å²) in [6, 6.07) is 8.51. The molecule has 5 nitrogen and oxygen atoms in total. The molecular formula is C20H36N4O. The minimum atomic E-state index is 0.392. The third-order valence-electron chi connectivity index (χ3n) is 4.33. The summed E-state index contributed by atoms with van der Waals surface area (Å²) in [4.78, 5) is 6.80. The van der Waals surface area contributed by atoms with Crippen molar-refractivity contribution in [3.63, 3.8) is 0 Å². The van der Waals surface area contributed by atoms with E-state index in [9.17, 15) is 0 Å². The highest BCUT2D eigenvalue weighted by Gasteiger charge is 2.08. The molecule has 1 unspecified atom stereocenters. The Morgan fingerprint density at radius 2 is 1.92 bits per heavy atom. The van der Waals surface area contributed by atoms with Gasteiger partial charge < -0.3 is 20.3 Å². The van der Waals surface area contributed by atoms with Crippen molar-refractivity contribution in [3.8, 4) is 5.75 Å². The Morgan fingerprint density at radius 1 is 1.20 bits per heavy atom. The van der Waals surface area contributed by atoms with Crippen LogP contribution < -0.4 is 15.4 Å². The molecule has 0 amide bonds. The Morgan fingerprint density at radius 3 is 2.56 bits per heavy atom. The van der Waals surface area contributed by atoms with Crippen LogP contribution in [-0.4, -0.2) is 50.2 Å². The predicted molar refractivity (Wildman–Crippen MR) is 107 cm³/mol. The number of hydrogen-bond acceptors (Lipinski definition) is 3. The lowest BCUT2D eigenvalue weighted by Crippen LogP contribution is -2.42. The van der Waals surface area contributed by atoms with E-state index in [2.05, 4.69) is 47.4 Å². The van der Waals surface area contributed by atoms with Gasteiger partial charge in [0.1, 0.15) is 5.75 Å². The molecule has 0 heterocycles. The van der Waals surface area contributed by atoms with Crippen LogP contribution in [0, 0.1) is 0 Å². The number of para-hydroxylation sites is 1. The first-order valence-corrected chi connectivity index (χ1v) is 9.54. The van der Waals surface area contributed by atoms with Gasteiger partial charge in [0.05, 0.1) is 6.61 Å². The Labute approximate surface area is 153 Å². The van der Waals surface area contributed by atoms with Crippen molar-refractivity contribution in [1.29, 1.82) is 0 Å². The first-order chi connectivity index (χ1) is 12.1. The lowest BCUT2D eigenvalue weighted by atomic mass is 10.1. The van der Waals surface area contributed by atoms with Gasteiger partial charge >= 0.3 is 0 Å². The molecule has 1 aromatic rings. The first kappa shape index (κ1) is 21.3. The van der Waals surface area contributed by atoms with E-state index in [1.807, 2.05) is 32.2 Å². The van der Waals surface area contributed by atoms with Crippen molar-refractivity contribution in [1.82, 2.24) is 15.5 Å². The maximum absolute atomic E-state index is 5.68. The molecular weight excluding hydrogens is 312 g/mol. The quantitative estimate of drug-likeness (QED) is 0.476. The number of guanidine groups is 1. The van der Waals surface area contributed by atoms with Gasteiger partial charge in [0.15, 0.2) is 5.96 Å². The lowest BCUT2D eigenvalue weighted by Gasteiger charge is -2.21. The summed E-state index contributed by atoms with van der Waals surface area (Å²) < 4.78 is 5.68. The van der Waals surface area contributed by atoms with Gasteiger partial charge in [0, 0.05) is 25.2 Å². The van der Waals surface area contributed by atoms with E-state index >= 15 is 0 Å². The number of hydrogen-bond donors (Lipinski definition) is 2. The van der Waals surface area contributed by atoms with Crippen LogP contribution in [0.3, 0.4) is 0 Å². The van der Waals surface area contributed by atoms with Crippen LogP contribution in [0.4, 0.5) is 0 Å². The van der Waals surface area contributed by atoms with Gasteiger partial charge in [-0.05, 0) is 52.4 Å². The smallest absolute Gasteiger partial charge is 0.191 e. The average molecular weight is 349 g/mol. The fourth-order valence-corrected chi connectivity index (χ4v) is 2.79. The molecule has 1 aromatic carbocycles. The summed E-state index contributed by atoms with van der Waals surface area (Å²) in [5.41, 5.74) is 1.14. The molecule has 0 fully saturated rings. The lowest BCUT2D eigenvalue weighted by molar-refractivity contribution is 0.292. The Balaban J connectivity index is 2.42. The molecule has 5 heteroatoms. The predicted octanol–water partition coefficient (Wildman–Crippen LogP) is 3.26. The van der Waals surface area contributed by atoms with Crippen LogP contribution in [0.2, 0.25) is 0 Å². The summed E-state index contributed by atoms with van der Waals surface area (Å²) >= 11 is 0. The van der Waals surface area contributed by atoms with Crippen molar-refractivity contribution in [2.45, 2.75) is 53.1 Å². The second-order valence-electron chi connectivity index (χ2n) is 6.18. The standard InChI is InChI=1S/C20H36N4O/c1-6-24(7-2)15-11-12-17(4)23-20(21-5)22-16-18-13-9-10-14-19(18)25-8-3/h9-10,13-14,17H,6-8,11-12,15-16H2,1-5H3,(H2,21,22,23). The highest BCUT2D eigenvalue weighted by atomic mass is 16.5. The highest BCUT2D eigenvalue weighted by molar-refractivity contribution is 5.79. The van der Waals surface area contributed by atoms with E-state index in [4.69, 9.17) is 4.74 Å². The summed E-state index contributed by atoms with van der Waals surface area (Å²) in [6.07, 6.45) is 2.33. The summed E-state index contributed by atoms with van der Waals surface area (Å²) in [7, 11) is 1.81. The van der Waals surface area contributed by atoms with Gasteiger partial charge in [-0.15, -0.1) is 0 Å². The van der Waals surface area contributed by atoms with Gasteiger partial charge in [-0.25, -0.2) is 0 Å². The minimum absolute atomic E-state index is 0.392. The van der Waals surface area contributed by atoms with Gasteiger partial charge in [-0.3, -0.25) is 4.99 Å². The van der Waals surface area contributed by atoms with Crippen LogP contribution >= 0.6 is 0 Å². The topological polar surface area (TPSA) is 48.9 Å². The van der Waals surface area contributed by atoms with Crippen molar-refractivity contribution in [3.05, 3.63) is 29.8 Å². The number of aliphatic imine (C=N–C) groups is 1. The van der Waals surface area contributed by atoms with Crippen molar-refractivity contribution in [2.75, 3.05) is 33.3 Å². The fourth-order valence-electron chi connectivity index (χ4n) is 2.79. The molecule has 0 spiro atoms. The molecule has 25 heavy (non-hydrogen) atoms. The van der Waals surface area contributed by atoms with Crippen LogP contribution in [0.1, 0.15) is 46.1 Å². The SMILES string of the molecule is CCOc1ccccc1CNC(=NC)NC(C)CCCN(CC)CC. The monoisotopic (exact) mass is 348 g/mol. The van der Waals surface area contributed by atoms with E-state index in [1.165, 1.54) is 6.42 Å². The molecule has 0 bridgehead atoms. The molecule has 1 rings (SSSR count). The van der Waals surface area contributed by atoms with E-state index < -0.39 is 0 Å². The summed E-state index contributed by atoms with van der Waals surface area (Å²) in [5, 5.41) is 6.86. The number of nitrogens with zero attached hydrogens (tertiary/aromatic N) is 2. The molecule has 2 N–H and O–H groups in total. The molecule has 142 valence electrons. The molecule has 0 saturated carbocycles.